The Balaban J connectivity index is 2.43. The number of phenolic OH excluding ortho intramolecular Hbond substituents is 1. The first-order valence-electron chi connectivity index (χ1n) is 7.92. The number of rotatable bonds is 3. The molecule has 0 heterocycles. The summed E-state index contributed by atoms with van der Waals surface area (Å²) in [5.41, 5.74) is 3.07. The zero-order valence-electron chi connectivity index (χ0n) is 14.3. The van der Waals surface area contributed by atoms with Gasteiger partial charge >= 0.3 is 0 Å². The summed E-state index contributed by atoms with van der Waals surface area (Å²) < 4.78 is 24.9. The molecule has 0 saturated heterocycles. The Labute approximate surface area is 189 Å². The Morgan fingerprint density at radius 1 is 1.07 bits per heavy atom. The van der Waals surface area contributed by atoms with E-state index >= 15 is 0 Å². The minimum atomic E-state index is -2.46. The molecule has 0 aliphatic heterocycles. The molecule has 2 aromatic carbocycles. The average molecular weight is 588 g/mol. The van der Waals surface area contributed by atoms with Gasteiger partial charge in [-0.3, -0.25) is 9.00 Å². The summed E-state index contributed by atoms with van der Waals surface area (Å²) >= 11 is 7.43. The van der Waals surface area contributed by atoms with Gasteiger partial charge < -0.3 is 9.66 Å². The SMILES string of the molecule is Cc1cc(C(=C2C=C(Br)C(=O)C(Br)=C2)c2ccccc2S(=O)[O-])cc(Br)c1O. The lowest BCUT2D eigenvalue weighted by atomic mass is 9.90. The summed E-state index contributed by atoms with van der Waals surface area (Å²) in [7, 11) is 0. The van der Waals surface area contributed by atoms with E-state index in [9.17, 15) is 18.7 Å². The molecule has 144 valence electrons. The van der Waals surface area contributed by atoms with Crippen LogP contribution in [0.3, 0.4) is 0 Å². The van der Waals surface area contributed by atoms with E-state index in [1.54, 1.807) is 49.4 Å². The van der Waals surface area contributed by atoms with Crippen molar-refractivity contribution in [2.45, 2.75) is 11.8 Å². The Bertz CT molecular complexity index is 1070. The van der Waals surface area contributed by atoms with Crippen LogP contribution in [0.1, 0.15) is 16.7 Å². The number of ketones is 1. The molecule has 0 spiro atoms. The fraction of sp³-hybridized carbons (Fsp3) is 0.0500. The zero-order valence-corrected chi connectivity index (χ0v) is 19.9. The number of allylic oxidation sites excluding steroid dienone is 5. The van der Waals surface area contributed by atoms with Crippen LogP contribution in [0.4, 0.5) is 0 Å². The molecule has 0 bridgehead atoms. The lowest BCUT2D eigenvalue weighted by molar-refractivity contribution is -0.110. The van der Waals surface area contributed by atoms with E-state index in [2.05, 4.69) is 47.8 Å². The maximum Gasteiger partial charge on any atom is 0.206 e. The van der Waals surface area contributed by atoms with E-state index in [0.717, 1.165) is 0 Å². The second-order valence-electron chi connectivity index (χ2n) is 6.00. The van der Waals surface area contributed by atoms with Crippen molar-refractivity contribution in [2.24, 2.45) is 0 Å². The van der Waals surface area contributed by atoms with E-state index in [1.807, 2.05) is 0 Å². The van der Waals surface area contributed by atoms with Crippen molar-refractivity contribution in [2.75, 3.05) is 0 Å². The third-order valence-corrected chi connectivity index (χ3v) is 6.66. The first-order valence-corrected chi connectivity index (χ1v) is 11.4. The van der Waals surface area contributed by atoms with Crippen LogP contribution in [0.25, 0.3) is 5.57 Å². The van der Waals surface area contributed by atoms with Crippen LogP contribution in [0.15, 0.2) is 72.5 Å². The number of aryl methyl sites for hydroxylation is 1. The van der Waals surface area contributed by atoms with Crippen molar-refractivity contribution in [1.29, 1.82) is 0 Å². The van der Waals surface area contributed by atoms with Crippen LogP contribution < -0.4 is 0 Å². The Hall–Kier alpha value is -1.32. The number of hydrogen-bond donors (Lipinski definition) is 1. The molecule has 0 saturated carbocycles. The number of carbonyl (C=O) groups excluding carboxylic acids is 1. The maximum atomic E-state index is 12.1. The fourth-order valence-electron chi connectivity index (χ4n) is 2.88. The van der Waals surface area contributed by atoms with Gasteiger partial charge in [0.05, 0.1) is 13.4 Å². The predicted octanol–water partition coefficient (Wildman–Crippen LogP) is 5.64. The highest BCUT2D eigenvalue weighted by molar-refractivity contribution is 9.13. The minimum Gasteiger partial charge on any atom is -0.768 e. The summed E-state index contributed by atoms with van der Waals surface area (Å²) in [5.74, 6) is -0.0899. The third-order valence-electron chi connectivity index (χ3n) is 4.17. The number of phenols is 1. The molecular weight excluding hydrogens is 576 g/mol. The van der Waals surface area contributed by atoms with Crippen LogP contribution in [-0.2, 0) is 15.9 Å². The molecule has 0 fully saturated rings. The van der Waals surface area contributed by atoms with Crippen LogP contribution in [-0.4, -0.2) is 19.7 Å². The normalized spacial score (nSPS) is 15.2. The van der Waals surface area contributed by atoms with Crippen LogP contribution >= 0.6 is 47.8 Å². The summed E-state index contributed by atoms with van der Waals surface area (Å²) in [6.45, 7) is 1.76. The van der Waals surface area contributed by atoms with E-state index in [1.165, 1.54) is 6.07 Å². The first kappa shape index (κ1) is 21.4. The number of carbonyl (C=O) groups is 1. The lowest BCUT2D eigenvalue weighted by Crippen LogP contribution is -2.06. The van der Waals surface area contributed by atoms with E-state index in [4.69, 9.17) is 0 Å². The summed E-state index contributed by atoms with van der Waals surface area (Å²) in [6.07, 6.45) is 3.31. The molecule has 1 unspecified atom stereocenters. The number of Topliss-reactive ketones (excluding diaryl/α,β-unsaturated/α-hetero) is 1. The zero-order chi connectivity index (χ0) is 20.6. The number of halogens is 3. The fourth-order valence-corrected chi connectivity index (χ4v) is 5.17. The highest BCUT2D eigenvalue weighted by atomic mass is 79.9. The van der Waals surface area contributed by atoms with Gasteiger partial charge in [-0.25, -0.2) is 0 Å². The van der Waals surface area contributed by atoms with Crippen molar-refractivity contribution >= 4 is 70.2 Å². The highest BCUT2D eigenvalue weighted by Gasteiger charge is 2.22. The van der Waals surface area contributed by atoms with E-state index in [-0.39, 0.29) is 16.4 Å². The average Bonchev–Trinajstić information content (AvgIpc) is 2.64. The van der Waals surface area contributed by atoms with Gasteiger partial charge in [0.25, 0.3) is 0 Å². The standard InChI is InChI=1S/C20H13Br3O4S/c1-10-6-11(7-14(21)19(10)24)18(12-8-15(22)20(25)16(23)9-12)13-4-2-3-5-17(13)28(26)27/h2-9,24H,1H3,(H,26,27)/p-1. The van der Waals surface area contributed by atoms with Gasteiger partial charge in [-0.05, 0) is 124 Å². The molecule has 8 heteroatoms. The first-order chi connectivity index (χ1) is 13.2. The predicted molar refractivity (Wildman–Crippen MR) is 119 cm³/mol. The Morgan fingerprint density at radius 3 is 2.25 bits per heavy atom. The molecule has 2 aromatic rings. The molecule has 1 atom stereocenters. The summed E-state index contributed by atoms with van der Waals surface area (Å²) in [4.78, 5) is 12.2. The van der Waals surface area contributed by atoms with Crippen molar-refractivity contribution < 1.29 is 18.7 Å². The molecule has 4 nitrogen and oxygen atoms in total. The molecule has 1 aliphatic carbocycles. The van der Waals surface area contributed by atoms with Crippen LogP contribution in [0, 0.1) is 6.92 Å². The van der Waals surface area contributed by atoms with Crippen molar-refractivity contribution in [3.8, 4) is 5.75 Å². The molecule has 0 aromatic heterocycles. The van der Waals surface area contributed by atoms with Gasteiger partial charge in [0.1, 0.15) is 5.75 Å². The highest BCUT2D eigenvalue weighted by Crippen LogP contribution is 2.39. The Morgan fingerprint density at radius 2 is 1.68 bits per heavy atom. The molecule has 0 radical (unpaired) electrons. The van der Waals surface area contributed by atoms with Gasteiger partial charge in [-0.1, -0.05) is 18.2 Å². The topological polar surface area (TPSA) is 77.4 Å². The maximum absolute atomic E-state index is 12.1. The molecule has 1 N–H and O–H groups in total. The van der Waals surface area contributed by atoms with E-state index in [0.29, 0.717) is 41.3 Å². The Kier molecular flexibility index (Phi) is 6.56. The lowest BCUT2D eigenvalue weighted by Gasteiger charge is -2.20. The van der Waals surface area contributed by atoms with E-state index < -0.39 is 11.1 Å². The van der Waals surface area contributed by atoms with Gasteiger partial charge in [0.2, 0.25) is 5.78 Å². The number of benzene rings is 2. The molecule has 28 heavy (non-hydrogen) atoms. The third kappa shape index (κ3) is 4.16. The van der Waals surface area contributed by atoms with Crippen molar-refractivity contribution in [3.63, 3.8) is 0 Å². The van der Waals surface area contributed by atoms with Crippen molar-refractivity contribution in [3.05, 3.63) is 84.3 Å². The van der Waals surface area contributed by atoms with Gasteiger partial charge in [0.15, 0.2) is 0 Å². The van der Waals surface area contributed by atoms with Crippen LogP contribution in [0.5, 0.6) is 5.75 Å². The molecule has 1 aliphatic rings. The molecule has 3 rings (SSSR count). The minimum absolute atomic E-state index is 0.112. The smallest absolute Gasteiger partial charge is 0.206 e. The second-order valence-corrected chi connectivity index (χ2v) is 9.47. The monoisotopic (exact) mass is 585 g/mol. The molecule has 0 amide bonds. The number of hydrogen-bond acceptors (Lipinski definition) is 4. The summed E-state index contributed by atoms with van der Waals surface area (Å²) in [5, 5.41) is 10.1. The van der Waals surface area contributed by atoms with Crippen molar-refractivity contribution in [1.82, 2.24) is 0 Å². The van der Waals surface area contributed by atoms with Gasteiger partial charge in [-0.2, -0.15) is 0 Å². The summed E-state index contributed by atoms with van der Waals surface area (Å²) in [6, 6.07) is 10.1. The quantitative estimate of drug-likeness (QED) is 0.471. The van der Waals surface area contributed by atoms with Crippen LogP contribution in [0.2, 0.25) is 0 Å². The largest absolute Gasteiger partial charge is 0.768 e. The van der Waals surface area contributed by atoms with Gasteiger partial charge in [0, 0.05) is 4.90 Å². The van der Waals surface area contributed by atoms with Gasteiger partial charge in [-0.15, -0.1) is 0 Å². The molecular formula is C20H12Br3O4S-. The second kappa shape index (κ2) is 8.59. The number of aromatic hydroxyl groups is 1.